The molecule has 0 spiro atoms. The Balaban J connectivity index is 3.18. The van der Waals surface area contributed by atoms with Crippen LogP contribution in [0.15, 0.2) is 4.66 Å². The third-order valence-electron chi connectivity index (χ3n) is 0.397. The summed E-state index contributed by atoms with van der Waals surface area (Å²) in [4.78, 5) is 19.3. The fraction of sp³-hybridized carbons (Fsp3) is 0.333. The van der Waals surface area contributed by atoms with Crippen molar-refractivity contribution in [1.29, 1.82) is 0 Å². The first kappa shape index (κ1) is 7.07. The summed E-state index contributed by atoms with van der Waals surface area (Å²) in [7, 11) is -1.28. The van der Waals surface area contributed by atoms with E-state index in [0.717, 1.165) is 0 Å². The van der Waals surface area contributed by atoms with E-state index < -0.39 is 15.9 Å². The van der Waals surface area contributed by atoms with Crippen molar-refractivity contribution in [3.05, 3.63) is 0 Å². The Morgan fingerprint density at radius 1 is 1.88 bits per heavy atom. The minimum absolute atomic E-state index is 0.393. The highest BCUT2D eigenvalue weighted by Crippen LogP contribution is 1.69. The molecule has 0 atom stereocenters. The number of hydrogen-bond donors (Lipinski definition) is 0. The largest absolute Gasteiger partial charge is 0.503 e. The van der Waals surface area contributed by atoms with Gasteiger partial charge in [-0.2, -0.15) is 0 Å². The number of hydrogen-bond acceptors (Lipinski definition) is 4. The van der Waals surface area contributed by atoms with Crippen LogP contribution < -0.4 is 0 Å². The fourth-order valence-corrected chi connectivity index (χ4v) is 0.449. The van der Waals surface area contributed by atoms with E-state index in [1.54, 1.807) is 0 Å². The molecule has 4 nitrogen and oxygen atoms in total. The van der Waals surface area contributed by atoms with Crippen molar-refractivity contribution in [3.63, 3.8) is 0 Å². The molecule has 0 aliphatic rings. The smallest absolute Gasteiger partial charge is 0.363 e. The van der Waals surface area contributed by atoms with Gasteiger partial charge < -0.3 is 4.43 Å². The molecule has 0 amide bonds. The van der Waals surface area contributed by atoms with Gasteiger partial charge in [0.25, 0.3) is 5.97 Å². The molecule has 0 saturated carbocycles. The maximum atomic E-state index is 9.94. The average molecular weight is 131 g/mol. The van der Waals surface area contributed by atoms with Crippen LogP contribution in [0.2, 0.25) is 0 Å². The zero-order valence-electron chi connectivity index (χ0n) is 4.38. The molecule has 0 unspecified atom stereocenters. The Kier molecular flexibility index (Phi) is 3.74. The van der Waals surface area contributed by atoms with Crippen molar-refractivity contribution >= 4 is 22.0 Å². The Hall–Kier alpha value is -0.933. The molecular weight excluding hydrogens is 126 g/mol. The zero-order valence-corrected chi connectivity index (χ0v) is 5.79. The summed E-state index contributed by atoms with van der Waals surface area (Å²) in [6.45, 7) is 1.27. The standard InChI is InChI=1S/C3H5NO3Si/c1-3(6)7-8-4-2-5/h8H2,1H3. The van der Waals surface area contributed by atoms with Crippen LogP contribution in [0.25, 0.3) is 0 Å². The minimum Gasteiger partial charge on any atom is -0.503 e. The number of isocyanates is 1. The predicted molar refractivity (Wildman–Crippen MR) is 28.4 cm³/mol. The minimum atomic E-state index is -1.28. The molecule has 44 valence electrons. The van der Waals surface area contributed by atoms with Gasteiger partial charge in [-0.1, -0.05) is 0 Å². The van der Waals surface area contributed by atoms with Gasteiger partial charge in [0.2, 0.25) is 6.08 Å². The molecule has 0 aromatic carbocycles. The molecule has 0 N–H and O–H groups in total. The maximum absolute atomic E-state index is 9.94. The monoisotopic (exact) mass is 131 g/mol. The molecule has 0 rings (SSSR count). The van der Waals surface area contributed by atoms with Crippen molar-refractivity contribution in [2.45, 2.75) is 6.92 Å². The van der Waals surface area contributed by atoms with Crippen LogP contribution in [0, 0.1) is 0 Å². The van der Waals surface area contributed by atoms with E-state index in [-0.39, 0.29) is 0 Å². The molecule has 0 saturated heterocycles. The quantitative estimate of drug-likeness (QED) is 0.271. The van der Waals surface area contributed by atoms with E-state index in [4.69, 9.17) is 0 Å². The lowest BCUT2D eigenvalue weighted by molar-refractivity contribution is -0.131. The molecule has 5 heteroatoms. The summed E-state index contributed by atoms with van der Waals surface area (Å²) in [5, 5.41) is 0. The highest BCUT2D eigenvalue weighted by atomic mass is 28.2. The summed E-state index contributed by atoms with van der Waals surface area (Å²) >= 11 is 0. The molecule has 0 heterocycles. The summed E-state index contributed by atoms with van der Waals surface area (Å²) < 4.78 is 7.46. The van der Waals surface area contributed by atoms with E-state index >= 15 is 0 Å². The molecule has 8 heavy (non-hydrogen) atoms. The van der Waals surface area contributed by atoms with Crippen molar-refractivity contribution in [2.24, 2.45) is 4.66 Å². The SMILES string of the molecule is CC(=O)O[SiH2]N=C=O. The first-order chi connectivity index (χ1) is 3.77. The topological polar surface area (TPSA) is 55.7 Å². The van der Waals surface area contributed by atoms with Gasteiger partial charge in [-0.15, -0.1) is 0 Å². The second kappa shape index (κ2) is 4.23. The number of rotatable bonds is 2. The molecule has 0 radical (unpaired) electrons. The van der Waals surface area contributed by atoms with Crippen LogP contribution in [0.5, 0.6) is 0 Å². The first-order valence-corrected chi connectivity index (χ1v) is 3.15. The number of carbonyl (C=O) groups excluding carboxylic acids is 2. The second-order valence-corrected chi connectivity index (χ2v) is 1.88. The average Bonchev–Trinajstić information content (AvgIpc) is 1.66. The van der Waals surface area contributed by atoms with Crippen LogP contribution in [0.1, 0.15) is 6.92 Å². The van der Waals surface area contributed by atoms with Gasteiger partial charge in [-0.25, -0.2) is 9.45 Å². The van der Waals surface area contributed by atoms with Gasteiger partial charge in [-0.3, -0.25) is 4.79 Å². The van der Waals surface area contributed by atoms with Gasteiger partial charge in [0.1, 0.15) is 0 Å². The van der Waals surface area contributed by atoms with E-state index in [0.29, 0.717) is 0 Å². The third-order valence-corrected chi connectivity index (χ3v) is 1.19. The van der Waals surface area contributed by atoms with Crippen molar-refractivity contribution in [3.8, 4) is 0 Å². The molecule has 0 bridgehead atoms. The summed E-state index contributed by atoms with van der Waals surface area (Å²) in [6.07, 6.45) is 1.28. The Labute approximate surface area is 48.6 Å². The van der Waals surface area contributed by atoms with Crippen LogP contribution in [-0.2, 0) is 14.0 Å². The van der Waals surface area contributed by atoms with E-state index in [2.05, 4.69) is 9.08 Å². The highest BCUT2D eigenvalue weighted by Gasteiger charge is 1.86. The Morgan fingerprint density at radius 3 is 2.88 bits per heavy atom. The van der Waals surface area contributed by atoms with Gasteiger partial charge in [0.15, 0.2) is 0 Å². The first-order valence-electron chi connectivity index (χ1n) is 1.94. The van der Waals surface area contributed by atoms with Gasteiger partial charge >= 0.3 is 9.92 Å². The molecule has 0 aliphatic carbocycles. The number of carbonyl (C=O) groups is 1. The van der Waals surface area contributed by atoms with E-state index in [9.17, 15) is 9.59 Å². The predicted octanol–water partition coefficient (Wildman–Crippen LogP) is -1.12. The molecule has 0 aromatic rings. The summed E-state index contributed by atoms with van der Waals surface area (Å²) in [6, 6.07) is 0. The Morgan fingerprint density at radius 2 is 2.50 bits per heavy atom. The lowest BCUT2D eigenvalue weighted by Crippen LogP contribution is -2.00. The van der Waals surface area contributed by atoms with Gasteiger partial charge in [-0.05, 0) is 0 Å². The number of nitrogens with zero attached hydrogens (tertiary/aromatic N) is 1. The molecule has 0 aliphatic heterocycles. The molecule has 0 aromatic heterocycles. The zero-order chi connectivity index (χ0) is 6.41. The summed E-state index contributed by atoms with van der Waals surface area (Å²) in [5.74, 6) is -0.393. The van der Waals surface area contributed by atoms with Crippen molar-refractivity contribution < 1.29 is 14.0 Å². The van der Waals surface area contributed by atoms with Crippen LogP contribution in [0.4, 0.5) is 0 Å². The Bertz CT molecular complexity index is 126. The van der Waals surface area contributed by atoms with Crippen LogP contribution in [-0.4, -0.2) is 22.0 Å². The van der Waals surface area contributed by atoms with Crippen LogP contribution in [0.3, 0.4) is 0 Å². The fourth-order valence-electron chi connectivity index (χ4n) is 0.150. The normalized spacial score (nSPS) is 8.62. The van der Waals surface area contributed by atoms with E-state index in [1.807, 2.05) is 0 Å². The third kappa shape index (κ3) is 5.07. The van der Waals surface area contributed by atoms with Crippen molar-refractivity contribution in [2.75, 3.05) is 0 Å². The molecule has 0 fully saturated rings. The highest BCUT2D eigenvalue weighted by molar-refractivity contribution is 6.29. The van der Waals surface area contributed by atoms with Gasteiger partial charge in [0, 0.05) is 6.92 Å². The maximum Gasteiger partial charge on any atom is 0.363 e. The lowest BCUT2D eigenvalue weighted by Gasteiger charge is -1.89. The molecular formula is C3H5NO3Si. The van der Waals surface area contributed by atoms with Crippen LogP contribution >= 0.6 is 0 Å². The van der Waals surface area contributed by atoms with Gasteiger partial charge in [0.05, 0.1) is 0 Å². The summed E-state index contributed by atoms with van der Waals surface area (Å²) in [5.41, 5.74) is 0. The van der Waals surface area contributed by atoms with Crippen molar-refractivity contribution in [1.82, 2.24) is 0 Å². The second-order valence-electron chi connectivity index (χ2n) is 1.01. The van der Waals surface area contributed by atoms with E-state index in [1.165, 1.54) is 13.0 Å². The lowest BCUT2D eigenvalue weighted by atomic mass is 10.9.